The maximum absolute atomic E-state index is 14.0. The second-order valence-corrected chi connectivity index (χ2v) is 6.07. The molecule has 1 N–H and O–H groups in total. The van der Waals surface area contributed by atoms with E-state index in [2.05, 4.69) is 21.2 Å². The molecule has 0 aliphatic carbocycles. The molecule has 0 aromatic heterocycles. The molecule has 0 bridgehead atoms. The smallest absolute Gasteiger partial charge is 0.230 e. The summed E-state index contributed by atoms with van der Waals surface area (Å²) in [5, 5.41) is 2.33. The lowest BCUT2D eigenvalue weighted by atomic mass is 9.74. The zero-order valence-corrected chi connectivity index (χ0v) is 12.3. The van der Waals surface area contributed by atoms with Gasteiger partial charge in [-0.15, -0.1) is 0 Å². The normalized spacial score (nSPS) is 23.6. The van der Waals surface area contributed by atoms with E-state index in [0.29, 0.717) is 5.56 Å². The average molecular weight is 328 g/mol. The number of benzene rings is 1. The number of carbonyl (C=O) groups excluding carboxylic acids is 2. The van der Waals surface area contributed by atoms with Gasteiger partial charge >= 0.3 is 0 Å². The van der Waals surface area contributed by atoms with Gasteiger partial charge < -0.3 is 0 Å². The summed E-state index contributed by atoms with van der Waals surface area (Å²) < 4.78 is 14.7. The number of rotatable bonds is 2. The van der Waals surface area contributed by atoms with E-state index in [0.717, 1.165) is 4.47 Å². The van der Waals surface area contributed by atoms with Crippen LogP contribution in [0.1, 0.15) is 31.7 Å². The highest BCUT2D eigenvalue weighted by Gasteiger charge is 2.39. The third kappa shape index (κ3) is 2.86. The Kier molecular flexibility index (Phi) is 4.04. The Bertz CT molecular complexity index is 530. The molecule has 0 saturated carbocycles. The zero-order chi connectivity index (χ0) is 14.2. The molecule has 1 heterocycles. The van der Waals surface area contributed by atoms with Gasteiger partial charge in [-0.3, -0.25) is 14.9 Å². The van der Waals surface area contributed by atoms with Crippen molar-refractivity contribution in [3.63, 3.8) is 0 Å². The maximum atomic E-state index is 14.0. The van der Waals surface area contributed by atoms with Gasteiger partial charge in [0.25, 0.3) is 0 Å². The molecule has 2 unspecified atom stereocenters. The van der Waals surface area contributed by atoms with Crippen molar-refractivity contribution in [2.24, 2.45) is 11.8 Å². The summed E-state index contributed by atoms with van der Waals surface area (Å²) >= 11 is 3.30. The quantitative estimate of drug-likeness (QED) is 0.849. The van der Waals surface area contributed by atoms with Crippen molar-refractivity contribution in [1.29, 1.82) is 0 Å². The molecule has 1 aliphatic rings. The number of imide groups is 1. The maximum Gasteiger partial charge on any atom is 0.230 e. The fraction of sp³-hybridized carbons (Fsp3) is 0.429. The number of piperidine rings is 1. The minimum atomic E-state index is -0.404. The van der Waals surface area contributed by atoms with E-state index >= 15 is 0 Å². The highest BCUT2D eigenvalue weighted by Crippen LogP contribution is 2.38. The monoisotopic (exact) mass is 327 g/mol. The molecule has 1 aliphatic heterocycles. The van der Waals surface area contributed by atoms with Crippen LogP contribution in [0.4, 0.5) is 4.39 Å². The van der Waals surface area contributed by atoms with Gasteiger partial charge in [-0.25, -0.2) is 4.39 Å². The van der Waals surface area contributed by atoms with Gasteiger partial charge in [0.05, 0.1) is 0 Å². The van der Waals surface area contributed by atoms with Crippen LogP contribution in [0.3, 0.4) is 0 Å². The van der Waals surface area contributed by atoms with Crippen LogP contribution in [-0.2, 0) is 9.59 Å². The van der Waals surface area contributed by atoms with Crippen molar-refractivity contribution >= 4 is 27.7 Å². The van der Waals surface area contributed by atoms with Crippen LogP contribution < -0.4 is 5.32 Å². The molecular weight excluding hydrogens is 313 g/mol. The summed E-state index contributed by atoms with van der Waals surface area (Å²) in [6.07, 6.45) is 0.141. The first kappa shape index (κ1) is 14.2. The van der Waals surface area contributed by atoms with Crippen LogP contribution in [0.5, 0.6) is 0 Å². The highest BCUT2D eigenvalue weighted by molar-refractivity contribution is 9.10. The molecule has 2 atom stereocenters. The molecule has 2 amide bonds. The Morgan fingerprint density at radius 1 is 1.37 bits per heavy atom. The van der Waals surface area contributed by atoms with Crippen molar-refractivity contribution in [3.05, 3.63) is 34.1 Å². The lowest BCUT2D eigenvalue weighted by Gasteiger charge is -2.33. The van der Waals surface area contributed by atoms with Gasteiger partial charge in [-0.1, -0.05) is 29.8 Å². The molecule has 0 radical (unpaired) electrons. The van der Waals surface area contributed by atoms with Gasteiger partial charge in [0.1, 0.15) is 5.82 Å². The van der Waals surface area contributed by atoms with Gasteiger partial charge in [-0.05, 0) is 29.7 Å². The third-order valence-electron chi connectivity index (χ3n) is 3.48. The highest BCUT2D eigenvalue weighted by atomic mass is 79.9. The summed E-state index contributed by atoms with van der Waals surface area (Å²) in [6, 6.07) is 4.61. The Labute approximate surface area is 119 Å². The molecular formula is C14H15BrFNO2. The number of amides is 2. The molecule has 1 fully saturated rings. The Hall–Kier alpha value is -1.23. The summed E-state index contributed by atoms with van der Waals surface area (Å²) in [7, 11) is 0. The van der Waals surface area contributed by atoms with Gasteiger partial charge in [0.2, 0.25) is 11.8 Å². The van der Waals surface area contributed by atoms with Crippen molar-refractivity contribution in [2.75, 3.05) is 0 Å². The van der Waals surface area contributed by atoms with E-state index in [1.807, 2.05) is 13.8 Å². The fourth-order valence-electron chi connectivity index (χ4n) is 2.65. The number of halogens is 2. The van der Waals surface area contributed by atoms with E-state index in [9.17, 15) is 14.0 Å². The van der Waals surface area contributed by atoms with E-state index < -0.39 is 5.92 Å². The van der Waals surface area contributed by atoms with Crippen LogP contribution in [0.25, 0.3) is 0 Å². The third-order valence-corrected chi connectivity index (χ3v) is 3.97. The molecule has 19 heavy (non-hydrogen) atoms. The lowest BCUT2D eigenvalue weighted by Crippen LogP contribution is -2.46. The van der Waals surface area contributed by atoms with E-state index in [4.69, 9.17) is 0 Å². The van der Waals surface area contributed by atoms with Crippen molar-refractivity contribution in [1.82, 2.24) is 5.32 Å². The average Bonchev–Trinajstić information content (AvgIpc) is 2.30. The second kappa shape index (κ2) is 5.41. The van der Waals surface area contributed by atoms with Gasteiger partial charge in [-0.2, -0.15) is 0 Å². The molecule has 1 saturated heterocycles. The SMILES string of the molecule is CC(C)C1C(=O)NC(=O)CC1c1cc(Br)ccc1F. The summed E-state index contributed by atoms with van der Waals surface area (Å²) in [4.78, 5) is 23.5. The van der Waals surface area contributed by atoms with E-state index in [-0.39, 0.29) is 35.9 Å². The van der Waals surface area contributed by atoms with Crippen molar-refractivity contribution in [2.45, 2.75) is 26.2 Å². The zero-order valence-electron chi connectivity index (χ0n) is 10.7. The Morgan fingerprint density at radius 2 is 2.05 bits per heavy atom. The van der Waals surface area contributed by atoms with E-state index in [1.165, 1.54) is 6.07 Å². The molecule has 102 valence electrons. The lowest BCUT2D eigenvalue weighted by molar-refractivity contribution is -0.138. The summed E-state index contributed by atoms with van der Waals surface area (Å²) in [5.41, 5.74) is 0.427. The standard InChI is InChI=1S/C14H15BrFNO2/c1-7(2)13-10(6-12(18)17-14(13)19)9-5-8(15)3-4-11(9)16/h3-5,7,10,13H,6H2,1-2H3,(H,17,18,19). The topological polar surface area (TPSA) is 46.2 Å². The Morgan fingerprint density at radius 3 is 2.68 bits per heavy atom. The molecule has 1 aromatic carbocycles. The molecule has 2 rings (SSSR count). The van der Waals surface area contributed by atoms with Crippen LogP contribution >= 0.6 is 15.9 Å². The van der Waals surface area contributed by atoms with E-state index in [1.54, 1.807) is 12.1 Å². The number of hydrogen-bond donors (Lipinski definition) is 1. The summed E-state index contributed by atoms with van der Waals surface area (Å²) in [6.45, 7) is 3.81. The second-order valence-electron chi connectivity index (χ2n) is 5.16. The number of nitrogens with one attached hydrogen (secondary N) is 1. The predicted molar refractivity (Wildman–Crippen MR) is 72.9 cm³/mol. The first-order valence-electron chi connectivity index (χ1n) is 6.18. The molecule has 1 aromatic rings. The fourth-order valence-corrected chi connectivity index (χ4v) is 3.03. The molecule has 3 nitrogen and oxygen atoms in total. The summed E-state index contributed by atoms with van der Waals surface area (Å²) in [5.74, 6) is -1.78. The van der Waals surface area contributed by atoms with Crippen molar-refractivity contribution < 1.29 is 14.0 Å². The first-order valence-corrected chi connectivity index (χ1v) is 6.98. The van der Waals surface area contributed by atoms with Gasteiger partial charge in [0, 0.05) is 22.7 Å². The molecule has 5 heteroatoms. The molecule has 0 spiro atoms. The number of hydrogen-bond acceptors (Lipinski definition) is 2. The predicted octanol–water partition coefficient (Wildman–Crippen LogP) is 2.99. The van der Waals surface area contributed by atoms with Crippen LogP contribution in [0.2, 0.25) is 0 Å². The first-order chi connectivity index (χ1) is 8.90. The van der Waals surface area contributed by atoms with Gasteiger partial charge in [0.15, 0.2) is 0 Å². The Balaban J connectivity index is 2.46. The van der Waals surface area contributed by atoms with Crippen LogP contribution in [0, 0.1) is 17.7 Å². The minimum absolute atomic E-state index is 0.0384. The number of carbonyl (C=O) groups is 2. The van der Waals surface area contributed by atoms with Crippen molar-refractivity contribution in [3.8, 4) is 0 Å². The van der Waals surface area contributed by atoms with Crippen LogP contribution in [0.15, 0.2) is 22.7 Å². The van der Waals surface area contributed by atoms with Crippen LogP contribution in [-0.4, -0.2) is 11.8 Å². The minimum Gasteiger partial charge on any atom is -0.296 e. The largest absolute Gasteiger partial charge is 0.296 e.